The lowest BCUT2D eigenvalue weighted by Crippen LogP contribution is -2.39. The van der Waals surface area contributed by atoms with Gasteiger partial charge in [-0.25, -0.2) is 4.99 Å². The van der Waals surface area contributed by atoms with E-state index in [0.717, 1.165) is 44.7 Å². The molecule has 1 aliphatic carbocycles. The minimum absolute atomic E-state index is 0.366. The maximum Gasteiger partial charge on any atom is 0.122 e. The van der Waals surface area contributed by atoms with Gasteiger partial charge in [0.2, 0.25) is 0 Å². The molecule has 0 spiro atoms. The first-order chi connectivity index (χ1) is 16.1. The van der Waals surface area contributed by atoms with Crippen LogP contribution in [-0.2, 0) is 19.4 Å². The number of allylic oxidation sites excluding steroid dienone is 1. The standard InChI is InChI=1S/C29H35N3O/c1-21(2)13-15-32-27-11-10-25(31(3)20-22-7-5-4-6-8-22)19-26(27)30-29(32)18-23-9-12-28-24(17-23)14-16-33-28/h4-10,12,17,19,21,27H,11,13-16,18,20H2,1-3H3. The number of hydrogen-bond acceptors (Lipinski definition) is 4. The summed E-state index contributed by atoms with van der Waals surface area (Å²) in [6, 6.07) is 17.7. The fourth-order valence-electron chi connectivity index (χ4n) is 5.02. The molecule has 4 nitrogen and oxygen atoms in total. The summed E-state index contributed by atoms with van der Waals surface area (Å²) < 4.78 is 5.70. The molecule has 0 amide bonds. The molecule has 33 heavy (non-hydrogen) atoms. The Hall–Kier alpha value is -3.01. The number of rotatable bonds is 8. The maximum atomic E-state index is 5.70. The maximum absolute atomic E-state index is 5.70. The van der Waals surface area contributed by atoms with Crippen molar-refractivity contribution in [3.8, 4) is 5.75 Å². The quantitative estimate of drug-likeness (QED) is 0.534. The van der Waals surface area contributed by atoms with Crippen LogP contribution in [0.4, 0.5) is 0 Å². The van der Waals surface area contributed by atoms with Crippen molar-refractivity contribution in [1.29, 1.82) is 0 Å². The van der Waals surface area contributed by atoms with E-state index in [0.29, 0.717) is 12.0 Å². The normalized spacial score (nSPS) is 19.0. The van der Waals surface area contributed by atoms with Gasteiger partial charge in [0.05, 0.1) is 18.3 Å². The summed E-state index contributed by atoms with van der Waals surface area (Å²) in [4.78, 5) is 10.1. The molecule has 2 aromatic carbocycles. The number of aliphatic imine (C=N–C) groups is 1. The Morgan fingerprint density at radius 3 is 2.79 bits per heavy atom. The van der Waals surface area contributed by atoms with E-state index in [4.69, 9.17) is 9.73 Å². The van der Waals surface area contributed by atoms with E-state index in [1.807, 2.05) is 0 Å². The number of likely N-dealkylation sites (N-methyl/N-ethyl adjacent to an activating group) is 1. The molecule has 0 N–H and O–H groups in total. The third-order valence-corrected chi connectivity index (χ3v) is 6.92. The van der Waals surface area contributed by atoms with Gasteiger partial charge in [0.1, 0.15) is 11.6 Å². The highest BCUT2D eigenvalue weighted by Crippen LogP contribution is 2.33. The lowest BCUT2D eigenvalue weighted by molar-refractivity contribution is 0.328. The number of hydrogen-bond donors (Lipinski definition) is 0. The predicted molar refractivity (Wildman–Crippen MR) is 135 cm³/mol. The summed E-state index contributed by atoms with van der Waals surface area (Å²) in [5, 5.41) is 0. The van der Waals surface area contributed by atoms with Crippen molar-refractivity contribution in [2.75, 3.05) is 20.2 Å². The molecule has 1 unspecified atom stereocenters. The number of fused-ring (bicyclic) bond motifs is 2. The molecule has 3 aliphatic rings. The SMILES string of the molecule is CC(C)CCN1C(Cc2ccc3c(c2)CCO3)=NC2=CC(N(C)Cc3ccccc3)=CCC21. The Balaban J connectivity index is 1.36. The molecule has 2 aromatic rings. The van der Waals surface area contributed by atoms with Gasteiger partial charge < -0.3 is 14.5 Å². The minimum atomic E-state index is 0.366. The second-order valence-electron chi connectivity index (χ2n) is 9.91. The molecule has 0 bridgehead atoms. The van der Waals surface area contributed by atoms with Crippen LogP contribution in [0.3, 0.4) is 0 Å². The summed E-state index contributed by atoms with van der Waals surface area (Å²) in [5.74, 6) is 2.95. The molecule has 172 valence electrons. The molecule has 0 saturated carbocycles. The zero-order valence-electron chi connectivity index (χ0n) is 20.1. The molecule has 2 heterocycles. The molecular weight excluding hydrogens is 406 g/mol. The van der Waals surface area contributed by atoms with Crippen LogP contribution < -0.4 is 4.74 Å². The van der Waals surface area contributed by atoms with Crippen LogP contribution in [0.1, 0.15) is 43.4 Å². The number of amidine groups is 1. The van der Waals surface area contributed by atoms with Crippen molar-refractivity contribution < 1.29 is 4.74 Å². The number of benzene rings is 2. The molecule has 0 saturated heterocycles. The Morgan fingerprint density at radius 2 is 1.97 bits per heavy atom. The Morgan fingerprint density at radius 1 is 1.12 bits per heavy atom. The summed E-state index contributed by atoms with van der Waals surface area (Å²) >= 11 is 0. The van der Waals surface area contributed by atoms with Crippen molar-refractivity contribution in [3.05, 3.63) is 88.8 Å². The number of ether oxygens (including phenoxy) is 1. The molecule has 1 atom stereocenters. The van der Waals surface area contributed by atoms with Crippen LogP contribution in [0.2, 0.25) is 0 Å². The van der Waals surface area contributed by atoms with Gasteiger partial charge in [0.25, 0.3) is 0 Å². The van der Waals surface area contributed by atoms with E-state index >= 15 is 0 Å². The molecule has 5 rings (SSSR count). The van der Waals surface area contributed by atoms with Gasteiger partial charge in [-0.1, -0.05) is 62.4 Å². The summed E-state index contributed by atoms with van der Waals surface area (Å²) in [5.41, 5.74) is 6.49. The number of nitrogens with zero attached hydrogens (tertiary/aromatic N) is 3. The largest absolute Gasteiger partial charge is 0.493 e. The molecule has 0 fully saturated rings. The first kappa shape index (κ1) is 21.8. The van der Waals surface area contributed by atoms with E-state index in [-0.39, 0.29) is 0 Å². The highest BCUT2D eigenvalue weighted by molar-refractivity contribution is 5.88. The van der Waals surface area contributed by atoms with E-state index in [2.05, 4.69) is 91.4 Å². The van der Waals surface area contributed by atoms with Crippen LogP contribution in [0.5, 0.6) is 5.75 Å². The van der Waals surface area contributed by atoms with Gasteiger partial charge >= 0.3 is 0 Å². The van der Waals surface area contributed by atoms with Gasteiger partial charge in [-0.3, -0.25) is 0 Å². The molecular formula is C29H35N3O. The fourth-order valence-corrected chi connectivity index (χ4v) is 5.02. The van der Waals surface area contributed by atoms with Crippen LogP contribution in [0.25, 0.3) is 0 Å². The van der Waals surface area contributed by atoms with E-state index in [1.165, 1.54) is 40.3 Å². The van der Waals surface area contributed by atoms with Crippen molar-refractivity contribution in [3.63, 3.8) is 0 Å². The van der Waals surface area contributed by atoms with Gasteiger partial charge in [-0.2, -0.15) is 0 Å². The van der Waals surface area contributed by atoms with E-state index < -0.39 is 0 Å². The second kappa shape index (κ2) is 9.46. The monoisotopic (exact) mass is 441 g/mol. The average Bonchev–Trinajstić information content (AvgIpc) is 3.41. The highest BCUT2D eigenvalue weighted by atomic mass is 16.5. The van der Waals surface area contributed by atoms with Crippen LogP contribution in [0.15, 0.2) is 77.1 Å². The topological polar surface area (TPSA) is 28.1 Å². The summed E-state index contributed by atoms with van der Waals surface area (Å²) in [6.45, 7) is 7.39. The Kier molecular flexibility index (Phi) is 6.26. The molecule has 4 heteroatoms. The Bertz CT molecular complexity index is 1080. The zero-order chi connectivity index (χ0) is 22.8. The molecule has 0 aromatic heterocycles. The van der Waals surface area contributed by atoms with Crippen LogP contribution in [0, 0.1) is 5.92 Å². The fraction of sp³-hybridized carbons (Fsp3) is 0.414. The lowest BCUT2D eigenvalue weighted by atomic mass is 10.0. The molecule has 0 radical (unpaired) electrons. The van der Waals surface area contributed by atoms with Crippen molar-refractivity contribution >= 4 is 5.84 Å². The van der Waals surface area contributed by atoms with Crippen molar-refractivity contribution in [2.45, 2.75) is 52.1 Å². The van der Waals surface area contributed by atoms with Crippen molar-refractivity contribution in [1.82, 2.24) is 9.80 Å². The summed E-state index contributed by atoms with van der Waals surface area (Å²) in [6.07, 6.45) is 8.80. The average molecular weight is 442 g/mol. The predicted octanol–water partition coefficient (Wildman–Crippen LogP) is 5.60. The smallest absolute Gasteiger partial charge is 0.122 e. The Labute approximate surface area is 198 Å². The third-order valence-electron chi connectivity index (χ3n) is 6.92. The van der Waals surface area contributed by atoms with E-state index in [9.17, 15) is 0 Å². The summed E-state index contributed by atoms with van der Waals surface area (Å²) in [7, 11) is 2.18. The highest BCUT2D eigenvalue weighted by Gasteiger charge is 2.33. The van der Waals surface area contributed by atoms with Gasteiger partial charge in [-0.05, 0) is 47.6 Å². The first-order valence-electron chi connectivity index (χ1n) is 12.3. The van der Waals surface area contributed by atoms with Gasteiger partial charge in [0, 0.05) is 38.7 Å². The van der Waals surface area contributed by atoms with E-state index in [1.54, 1.807) is 0 Å². The second-order valence-corrected chi connectivity index (χ2v) is 9.91. The zero-order valence-corrected chi connectivity index (χ0v) is 20.1. The lowest BCUT2D eigenvalue weighted by Gasteiger charge is -2.31. The minimum Gasteiger partial charge on any atom is -0.493 e. The van der Waals surface area contributed by atoms with Crippen molar-refractivity contribution in [2.24, 2.45) is 10.9 Å². The first-order valence-corrected chi connectivity index (χ1v) is 12.3. The van der Waals surface area contributed by atoms with Gasteiger partial charge in [-0.15, -0.1) is 0 Å². The third kappa shape index (κ3) is 4.85. The molecule has 2 aliphatic heterocycles. The van der Waals surface area contributed by atoms with Gasteiger partial charge in [0.15, 0.2) is 0 Å². The van der Waals surface area contributed by atoms with Crippen LogP contribution in [-0.4, -0.2) is 41.9 Å². The van der Waals surface area contributed by atoms with Crippen LogP contribution >= 0.6 is 0 Å².